The molecule has 0 aliphatic rings. The van der Waals surface area contributed by atoms with Crippen LogP contribution in [-0.2, 0) is 6.61 Å². The lowest BCUT2D eigenvalue weighted by molar-refractivity contribution is 0.104. The standard InChI is InChI=1S/C23H22O5/c1-15-10-16(2)12-20(11-15)27-14-19-6-5-18(28-19)7-9-21(24)17-4-8-22(25)23(13-17)26-3/h4-13,25H,14H2,1-3H3/b9-7+. The van der Waals surface area contributed by atoms with Crippen LogP contribution in [0.5, 0.6) is 17.2 Å². The van der Waals surface area contributed by atoms with Crippen LogP contribution in [0.2, 0.25) is 0 Å². The number of hydrogen-bond donors (Lipinski definition) is 1. The average molecular weight is 378 g/mol. The molecule has 0 unspecified atom stereocenters. The van der Waals surface area contributed by atoms with Gasteiger partial charge in [0, 0.05) is 5.56 Å². The summed E-state index contributed by atoms with van der Waals surface area (Å²) >= 11 is 0. The number of hydrogen-bond acceptors (Lipinski definition) is 5. The summed E-state index contributed by atoms with van der Waals surface area (Å²) in [5, 5.41) is 9.61. The Labute approximate surface area is 163 Å². The van der Waals surface area contributed by atoms with Gasteiger partial charge >= 0.3 is 0 Å². The Morgan fingerprint density at radius 1 is 1.07 bits per heavy atom. The van der Waals surface area contributed by atoms with Gasteiger partial charge in [0.15, 0.2) is 17.3 Å². The van der Waals surface area contributed by atoms with E-state index in [0.717, 1.165) is 16.9 Å². The fourth-order valence-corrected chi connectivity index (χ4v) is 2.82. The Bertz CT molecular complexity index is 993. The minimum Gasteiger partial charge on any atom is -0.504 e. The highest BCUT2D eigenvalue weighted by atomic mass is 16.5. The second kappa shape index (κ2) is 8.48. The van der Waals surface area contributed by atoms with Crippen LogP contribution in [-0.4, -0.2) is 18.0 Å². The zero-order chi connectivity index (χ0) is 20.1. The topological polar surface area (TPSA) is 68.9 Å². The fourth-order valence-electron chi connectivity index (χ4n) is 2.82. The molecule has 28 heavy (non-hydrogen) atoms. The lowest BCUT2D eigenvalue weighted by Gasteiger charge is -2.06. The minimum atomic E-state index is -0.220. The van der Waals surface area contributed by atoms with Gasteiger partial charge in [-0.2, -0.15) is 0 Å². The Morgan fingerprint density at radius 2 is 1.82 bits per heavy atom. The predicted octanol–water partition coefficient (Wildman–Crippen LogP) is 5.09. The molecule has 5 heteroatoms. The Morgan fingerprint density at radius 3 is 2.54 bits per heavy atom. The maximum atomic E-state index is 12.3. The molecule has 2 aromatic carbocycles. The van der Waals surface area contributed by atoms with E-state index >= 15 is 0 Å². The second-order valence-corrected chi connectivity index (χ2v) is 6.50. The van der Waals surface area contributed by atoms with Crippen LogP contribution in [0.15, 0.2) is 59.0 Å². The van der Waals surface area contributed by atoms with Gasteiger partial charge in [0.2, 0.25) is 0 Å². The van der Waals surface area contributed by atoms with Gasteiger partial charge in [-0.25, -0.2) is 0 Å². The van der Waals surface area contributed by atoms with E-state index in [1.54, 1.807) is 12.1 Å². The zero-order valence-electron chi connectivity index (χ0n) is 16.1. The van der Waals surface area contributed by atoms with Gasteiger partial charge in [0.1, 0.15) is 23.9 Å². The summed E-state index contributed by atoms with van der Waals surface area (Å²) in [4.78, 5) is 12.3. The van der Waals surface area contributed by atoms with Crippen LogP contribution in [0.1, 0.15) is 33.0 Å². The van der Waals surface area contributed by atoms with Crippen molar-refractivity contribution in [1.29, 1.82) is 0 Å². The third kappa shape index (κ3) is 4.82. The molecule has 0 spiro atoms. The summed E-state index contributed by atoms with van der Waals surface area (Å²) in [7, 11) is 1.43. The van der Waals surface area contributed by atoms with E-state index in [-0.39, 0.29) is 17.3 Å². The van der Waals surface area contributed by atoms with Crippen LogP contribution in [0.3, 0.4) is 0 Å². The number of phenolic OH excluding ortho intramolecular Hbond substituents is 1. The number of aryl methyl sites for hydroxylation is 2. The molecule has 5 nitrogen and oxygen atoms in total. The van der Waals surface area contributed by atoms with Crippen molar-refractivity contribution in [2.75, 3.05) is 7.11 Å². The van der Waals surface area contributed by atoms with E-state index < -0.39 is 0 Å². The zero-order valence-corrected chi connectivity index (χ0v) is 16.1. The smallest absolute Gasteiger partial charge is 0.186 e. The van der Waals surface area contributed by atoms with Crippen molar-refractivity contribution in [3.8, 4) is 17.2 Å². The first-order valence-electron chi connectivity index (χ1n) is 8.84. The highest BCUT2D eigenvalue weighted by molar-refractivity contribution is 6.07. The number of ketones is 1. The van der Waals surface area contributed by atoms with Crippen molar-refractivity contribution in [3.63, 3.8) is 0 Å². The number of carbonyl (C=O) groups excluding carboxylic acids is 1. The van der Waals surface area contributed by atoms with E-state index in [2.05, 4.69) is 6.07 Å². The van der Waals surface area contributed by atoms with Crippen LogP contribution >= 0.6 is 0 Å². The average Bonchev–Trinajstić information content (AvgIpc) is 3.12. The molecular formula is C23H22O5. The van der Waals surface area contributed by atoms with Gasteiger partial charge in [0.05, 0.1) is 7.11 Å². The molecule has 0 bridgehead atoms. The molecule has 1 aromatic heterocycles. The third-order valence-corrected chi connectivity index (χ3v) is 4.12. The molecular weight excluding hydrogens is 356 g/mol. The summed E-state index contributed by atoms with van der Waals surface area (Å²) in [6.45, 7) is 4.35. The number of rotatable bonds is 7. The first-order chi connectivity index (χ1) is 13.4. The SMILES string of the molecule is COc1cc(C(=O)/C=C/c2ccc(COc3cc(C)cc(C)c3)o2)ccc1O. The highest BCUT2D eigenvalue weighted by Gasteiger charge is 2.08. The summed E-state index contributed by atoms with van der Waals surface area (Å²) in [6, 6.07) is 14.1. The largest absolute Gasteiger partial charge is 0.504 e. The molecule has 0 amide bonds. The fraction of sp³-hybridized carbons (Fsp3) is 0.174. The monoisotopic (exact) mass is 378 g/mol. The van der Waals surface area contributed by atoms with E-state index in [4.69, 9.17) is 13.9 Å². The van der Waals surface area contributed by atoms with Crippen LogP contribution < -0.4 is 9.47 Å². The van der Waals surface area contributed by atoms with E-state index in [9.17, 15) is 9.90 Å². The van der Waals surface area contributed by atoms with Crippen molar-refractivity contribution in [2.24, 2.45) is 0 Å². The maximum absolute atomic E-state index is 12.3. The lowest BCUT2D eigenvalue weighted by Crippen LogP contribution is -1.95. The number of benzene rings is 2. The number of phenols is 1. The summed E-state index contributed by atoms with van der Waals surface area (Å²) in [5.41, 5.74) is 2.70. The minimum absolute atomic E-state index is 0.0116. The molecule has 0 atom stereocenters. The predicted molar refractivity (Wildman–Crippen MR) is 107 cm³/mol. The highest BCUT2D eigenvalue weighted by Crippen LogP contribution is 2.26. The normalized spacial score (nSPS) is 11.0. The van der Waals surface area contributed by atoms with Gasteiger partial charge in [-0.15, -0.1) is 0 Å². The molecule has 144 valence electrons. The molecule has 0 aliphatic heterocycles. The van der Waals surface area contributed by atoms with Gasteiger partial charge in [-0.05, 0) is 79.6 Å². The quantitative estimate of drug-likeness (QED) is 0.458. The van der Waals surface area contributed by atoms with Crippen molar-refractivity contribution in [2.45, 2.75) is 20.5 Å². The van der Waals surface area contributed by atoms with Crippen molar-refractivity contribution < 1.29 is 23.8 Å². The Kier molecular flexibility index (Phi) is 5.84. The van der Waals surface area contributed by atoms with Crippen LogP contribution in [0, 0.1) is 13.8 Å². The molecule has 0 fully saturated rings. The molecule has 0 aliphatic carbocycles. The van der Waals surface area contributed by atoms with Gasteiger partial charge in [-0.3, -0.25) is 4.79 Å². The number of furan rings is 1. The first-order valence-corrected chi connectivity index (χ1v) is 8.84. The molecule has 0 radical (unpaired) electrons. The van der Waals surface area contributed by atoms with Crippen LogP contribution in [0.4, 0.5) is 0 Å². The number of allylic oxidation sites excluding steroid dienone is 1. The maximum Gasteiger partial charge on any atom is 0.186 e. The molecule has 1 N–H and O–H groups in total. The van der Waals surface area contributed by atoms with E-state index in [1.807, 2.05) is 32.0 Å². The Balaban J connectivity index is 1.63. The van der Waals surface area contributed by atoms with Crippen LogP contribution in [0.25, 0.3) is 6.08 Å². The van der Waals surface area contributed by atoms with Crippen molar-refractivity contribution in [3.05, 3.63) is 82.8 Å². The lowest BCUT2D eigenvalue weighted by atomic mass is 10.1. The van der Waals surface area contributed by atoms with Gasteiger partial charge < -0.3 is 19.0 Å². The molecule has 1 heterocycles. The number of methoxy groups -OCH3 is 1. The van der Waals surface area contributed by atoms with Crippen molar-refractivity contribution >= 4 is 11.9 Å². The van der Waals surface area contributed by atoms with Crippen molar-refractivity contribution in [1.82, 2.24) is 0 Å². The summed E-state index contributed by atoms with van der Waals surface area (Å²) < 4.78 is 16.5. The Hall–Kier alpha value is -3.47. The van der Waals surface area contributed by atoms with Gasteiger partial charge in [0.25, 0.3) is 0 Å². The second-order valence-electron chi connectivity index (χ2n) is 6.50. The third-order valence-electron chi connectivity index (χ3n) is 4.12. The molecule has 0 saturated carbocycles. The van der Waals surface area contributed by atoms with E-state index in [0.29, 0.717) is 23.7 Å². The number of aromatic hydroxyl groups is 1. The molecule has 0 saturated heterocycles. The number of ether oxygens (including phenoxy) is 2. The molecule has 3 rings (SSSR count). The summed E-state index contributed by atoms with van der Waals surface area (Å²) in [5.74, 6) is 2.03. The summed E-state index contributed by atoms with van der Waals surface area (Å²) in [6.07, 6.45) is 3.02. The van der Waals surface area contributed by atoms with E-state index in [1.165, 1.54) is 31.4 Å². The first kappa shape index (κ1) is 19.3. The number of carbonyl (C=O) groups is 1. The van der Waals surface area contributed by atoms with Gasteiger partial charge in [-0.1, -0.05) is 6.07 Å². The molecule has 3 aromatic rings.